The number of thiophene rings is 1. The summed E-state index contributed by atoms with van der Waals surface area (Å²) in [6.07, 6.45) is 3.17. The molecule has 20 heavy (non-hydrogen) atoms. The molecule has 0 aliphatic heterocycles. The lowest BCUT2D eigenvalue weighted by Crippen LogP contribution is -2.30. The summed E-state index contributed by atoms with van der Waals surface area (Å²) in [5, 5.41) is 5.16. The summed E-state index contributed by atoms with van der Waals surface area (Å²) >= 11 is 1.76. The van der Waals surface area contributed by atoms with Crippen LogP contribution in [0, 0.1) is 12.7 Å². The van der Waals surface area contributed by atoms with E-state index in [2.05, 4.69) is 16.8 Å². The Morgan fingerprint density at radius 1 is 1.40 bits per heavy atom. The first-order chi connectivity index (χ1) is 9.65. The van der Waals surface area contributed by atoms with Gasteiger partial charge in [-0.3, -0.25) is 4.79 Å². The minimum Gasteiger partial charge on any atom is -0.345 e. The summed E-state index contributed by atoms with van der Waals surface area (Å²) in [5.74, 6) is -0.427. The van der Waals surface area contributed by atoms with Gasteiger partial charge in [-0.05, 0) is 67.0 Å². The molecule has 0 saturated carbocycles. The van der Waals surface area contributed by atoms with Gasteiger partial charge < -0.3 is 5.32 Å². The second-order valence-electron chi connectivity index (χ2n) is 5.18. The van der Waals surface area contributed by atoms with Crippen LogP contribution in [-0.2, 0) is 6.42 Å². The van der Waals surface area contributed by atoms with Crippen LogP contribution >= 0.6 is 11.3 Å². The Morgan fingerprint density at radius 3 is 3.05 bits per heavy atom. The number of amides is 1. The number of carbonyl (C=O) groups excluding carboxylic acids is 1. The highest BCUT2D eigenvalue weighted by Crippen LogP contribution is 2.33. The second-order valence-corrected chi connectivity index (χ2v) is 6.18. The highest BCUT2D eigenvalue weighted by Gasteiger charge is 2.23. The van der Waals surface area contributed by atoms with E-state index < -0.39 is 0 Å². The lowest BCUT2D eigenvalue weighted by molar-refractivity contribution is 0.0932. The summed E-state index contributed by atoms with van der Waals surface area (Å²) < 4.78 is 13.1. The van der Waals surface area contributed by atoms with Crippen LogP contribution in [0.15, 0.2) is 29.6 Å². The molecule has 0 spiro atoms. The topological polar surface area (TPSA) is 29.1 Å². The van der Waals surface area contributed by atoms with E-state index in [1.54, 1.807) is 24.3 Å². The number of aryl methyl sites for hydroxylation is 2. The van der Waals surface area contributed by atoms with Gasteiger partial charge in [-0.2, -0.15) is 0 Å². The first-order valence-corrected chi connectivity index (χ1v) is 7.66. The average Bonchev–Trinajstić information content (AvgIpc) is 2.87. The van der Waals surface area contributed by atoms with Gasteiger partial charge in [-0.1, -0.05) is 0 Å². The summed E-state index contributed by atoms with van der Waals surface area (Å²) in [7, 11) is 0. The van der Waals surface area contributed by atoms with Gasteiger partial charge in [-0.15, -0.1) is 11.3 Å². The fourth-order valence-corrected chi connectivity index (χ4v) is 3.74. The molecule has 1 aromatic carbocycles. The lowest BCUT2D eigenvalue weighted by atomic mass is 9.93. The van der Waals surface area contributed by atoms with Gasteiger partial charge in [0.2, 0.25) is 0 Å². The average molecular weight is 289 g/mol. The molecule has 3 rings (SSSR count). The molecule has 4 heteroatoms. The van der Waals surface area contributed by atoms with Crippen LogP contribution < -0.4 is 5.32 Å². The summed E-state index contributed by atoms with van der Waals surface area (Å²) in [4.78, 5) is 13.7. The van der Waals surface area contributed by atoms with Gasteiger partial charge in [0.05, 0.1) is 6.04 Å². The van der Waals surface area contributed by atoms with Crippen LogP contribution in [0.4, 0.5) is 4.39 Å². The number of fused-ring (bicyclic) bond motifs is 1. The van der Waals surface area contributed by atoms with Crippen molar-refractivity contribution in [2.24, 2.45) is 0 Å². The van der Waals surface area contributed by atoms with Crippen LogP contribution in [0.25, 0.3) is 0 Å². The van der Waals surface area contributed by atoms with Crippen molar-refractivity contribution in [3.63, 3.8) is 0 Å². The van der Waals surface area contributed by atoms with Gasteiger partial charge in [0.1, 0.15) is 5.82 Å². The predicted molar refractivity (Wildman–Crippen MR) is 78.6 cm³/mol. The van der Waals surface area contributed by atoms with Crippen molar-refractivity contribution >= 4 is 17.2 Å². The van der Waals surface area contributed by atoms with E-state index in [9.17, 15) is 9.18 Å². The molecule has 1 aromatic heterocycles. The van der Waals surface area contributed by atoms with Crippen LogP contribution in [0.2, 0.25) is 0 Å². The fraction of sp³-hybridized carbons (Fsp3) is 0.312. The Bertz CT molecular complexity index is 650. The second kappa shape index (κ2) is 5.37. The highest BCUT2D eigenvalue weighted by molar-refractivity contribution is 7.10. The molecule has 1 atom stereocenters. The van der Waals surface area contributed by atoms with Crippen LogP contribution in [0.1, 0.15) is 45.2 Å². The first kappa shape index (κ1) is 13.3. The smallest absolute Gasteiger partial charge is 0.252 e. The maximum absolute atomic E-state index is 13.1. The van der Waals surface area contributed by atoms with Gasteiger partial charge in [0.25, 0.3) is 5.91 Å². The van der Waals surface area contributed by atoms with Crippen molar-refractivity contribution in [1.82, 2.24) is 5.32 Å². The number of rotatable bonds is 2. The van der Waals surface area contributed by atoms with Crippen molar-refractivity contribution in [1.29, 1.82) is 0 Å². The zero-order valence-corrected chi connectivity index (χ0v) is 12.1. The Labute approximate surface area is 121 Å². The van der Waals surface area contributed by atoms with Crippen LogP contribution in [0.3, 0.4) is 0 Å². The van der Waals surface area contributed by atoms with Crippen LogP contribution in [0.5, 0.6) is 0 Å². The number of hydrogen-bond acceptors (Lipinski definition) is 2. The van der Waals surface area contributed by atoms with E-state index in [0.29, 0.717) is 11.1 Å². The molecule has 1 aliphatic carbocycles. The van der Waals surface area contributed by atoms with Crippen LogP contribution in [-0.4, -0.2) is 5.91 Å². The number of nitrogens with one attached hydrogen (secondary N) is 1. The minimum atomic E-state index is -0.308. The normalized spacial score (nSPS) is 17.6. The SMILES string of the molecule is Cc1cc(F)ccc1C(=O)NC1CCCc2sccc21. The number of hydrogen-bond donors (Lipinski definition) is 1. The molecule has 0 radical (unpaired) electrons. The molecule has 0 fully saturated rings. The van der Waals surface area contributed by atoms with Gasteiger partial charge in [0, 0.05) is 10.4 Å². The molecule has 1 unspecified atom stereocenters. The predicted octanol–water partition coefficient (Wildman–Crippen LogP) is 4.00. The molecule has 0 saturated heterocycles. The maximum atomic E-state index is 13.1. The molecule has 0 bridgehead atoms. The van der Waals surface area contributed by atoms with Gasteiger partial charge in [0.15, 0.2) is 0 Å². The van der Waals surface area contributed by atoms with Gasteiger partial charge in [-0.25, -0.2) is 4.39 Å². The molecule has 1 amide bonds. The molecule has 1 N–H and O–H groups in total. The van der Waals surface area contributed by atoms with E-state index in [1.807, 2.05) is 0 Å². The molecule has 104 valence electrons. The highest BCUT2D eigenvalue weighted by atomic mass is 32.1. The first-order valence-electron chi connectivity index (χ1n) is 6.78. The van der Waals surface area contributed by atoms with Crippen molar-refractivity contribution in [3.8, 4) is 0 Å². The zero-order valence-electron chi connectivity index (χ0n) is 11.3. The minimum absolute atomic E-state index is 0.0851. The van der Waals surface area contributed by atoms with Crippen molar-refractivity contribution in [2.75, 3.05) is 0 Å². The standard InChI is InChI=1S/C16H16FNOS/c1-10-9-11(17)5-6-12(10)16(19)18-14-3-2-4-15-13(14)7-8-20-15/h5-9,14H,2-4H2,1H3,(H,18,19). The number of benzene rings is 1. The Hall–Kier alpha value is -1.68. The third-order valence-electron chi connectivity index (χ3n) is 3.79. The van der Waals surface area contributed by atoms with Crippen molar-refractivity contribution in [2.45, 2.75) is 32.2 Å². The van der Waals surface area contributed by atoms with E-state index in [4.69, 9.17) is 0 Å². The Kier molecular flexibility index (Phi) is 3.57. The quantitative estimate of drug-likeness (QED) is 0.889. The lowest BCUT2D eigenvalue weighted by Gasteiger charge is -2.24. The van der Waals surface area contributed by atoms with Crippen molar-refractivity contribution in [3.05, 3.63) is 57.0 Å². The van der Waals surface area contributed by atoms with E-state index in [-0.39, 0.29) is 17.8 Å². The van der Waals surface area contributed by atoms with E-state index >= 15 is 0 Å². The summed E-state index contributed by atoms with van der Waals surface area (Å²) in [6.45, 7) is 1.76. The number of carbonyl (C=O) groups is 1. The largest absolute Gasteiger partial charge is 0.345 e. The Morgan fingerprint density at radius 2 is 2.25 bits per heavy atom. The Balaban J connectivity index is 1.81. The molecule has 2 aromatic rings. The molecule has 2 nitrogen and oxygen atoms in total. The van der Waals surface area contributed by atoms with E-state index in [1.165, 1.54) is 22.6 Å². The monoisotopic (exact) mass is 289 g/mol. The zero-order chi connectivity index (χ0) is 14.1. The molecule has 1 heterocycles. The van der Waals surface area contributed by atoms with Crippen molar-refractivity contribution < 1.29 is 9.18 Å². The fourth-order valence-electron chi connectivity index (χ4n) is 2.75. The molecular weight excluding hydrogens is 273 g/mol. The summed E-state index contributed by atoms with van der Waals surface area (Å²) in [5.41, 5.74) is 2.46. The van der Waals surface area contributed by atoms with Gasteiger partial charge >= 0.3 is 0 Å². The molecule has 1 aliphatic rings. The van der Waals surface area contributed by atoms with E-state index in [0.717, 1.165) is 19.3 Å². The summed E-state index contributed by atoms with van der Waals surface area (Å²) in [6, 6.07) is 6.46. The third kappa shape index (κ3) is 2.48. The third-order valence-corrected chi connectivity index (χ3v) is 4.79. The molecular formula is C16H16FNOS. The maximum Gasteiger partial charge on any atom is 0.252 e. The number of halogens is 1.